The summed E-state index contributed by atoms with van der Waals surface area (Å²) in [6, 6.07) is 8.91. The lowest BCUT2D eigenvalue weighted by Gasteiger charge is -2.42. The Labute approximate surface area is 121 Å². The van der Waals surface area contributed by atoms with Gasteiger partial charge in [-0.2, -0.15) is 0 Å². The molecule has 2 aliphatic heterocycles. The van der Waals surface area contributed by atoms with Crippen LogP contribution in [0.3, 0.4) is 0 Å². The van der Waals surface area contributed by atoms with Gasteiger partial charge in [-0.05, 0) is 31.9 Å². The topological polar surface area (TPSA) is 30.5 Å². The highest BCUT2D eigenvalue weighted by atomic mass is 16.5. The molecule has 1 fully saturated rings. The summed E-state index contributed by atoms with van der Waals surface area (Å²) < 4.78 is 12.1. The minimum absolute atomic E-state index is 0.0315. The second-order valence-electron chi connectivity index (χ2n) is 6.00. The Bertz CT molecular complexity index is 438. The van der Waals surface area contributed by atoms with Crippen LogP contribution in [0.4, 0.5) is 0 Å². The number of fused-ring (bicyclic) bond motifs is 1. The molecule has 3 heteroatoms. The van der Waals surface area contributed by atoms with Crippen molar-refractivity contribution in [3.63, 3.8) is 0 Å². The van der Waals surface area contributed by atoms with Crippen molar-refractivity contribution in [3.05, 3.63) is 29.8 Å². The lowest BCUT2D eigenvalue weighted by Crippen LogP contribution is -2.44. The molecule has 1 aromatic carbocycles. The van der Waals surface area contributed by atoms with Gasteiger partial charge in [-0.25, -0.2) is 0 Å². The number of hydrogen-bond donors (Lipinski definition) is 1. The van der Waals surface area contributed by atoms with E-state index in [4.69, 9.17) is 9.47 Å². The van der Waals surface area contributed by atoms with E-state index in [9.17, 15) is 0 Å². The molecule has 110 valence electrons. The summed E-state index contributed by atoms with van der Waals surface area (Å²) in [6.07, 6.45) is 5.43. The Morgan fingerprint density at radius 2 is 2.15 bits per heavy atom. The molecule has 2 atom stereocenters. The predicted octanol–water partition coefficient (Wildman–Crippen LogP) is 3.45. The first-order valence-electron chi connectivity index (χ1n) is 7.92. The van der Waals surface area contributed by atoms with Gasteiger partial charge < -0.3 is 14.8 Å². The highest BCUT2D eigenvalue weighted by Crippen LogP contribution is 2.43. The Morgan fingerprint density at radius 1 is 1.25 bits per heavy atom. The van der Waals surface area contributed by atoms with Crippen LogP contribution in [-0.2, 0) is 4.74 Å². The van der Waals surface area contributed by atoms with E-state index in [1.807, 2.05) is 0 Å². The first-order chi connectivity index (χ1) is 9.83. The molecule has 3 rings (SSSR count). The Hall–Kier alpha value is -1.06. The highest BCUT2D eigenvalue weighted by molar-refractivity contribution is 5.39. The van der Waals surface area contributed by atoms with Crippen molar-refractivity contribution >= 4 is 0 Å². The van der Waals surface area contributed by atoms with Gasteiger partial charge in [0.25, 0.3) is 0 Å². The summed E-state index contributed by atoms with van der Waals surface area (Å²) in [7, 11) is 0. The first-order valence-corrected chi connectivity index (χ1v) is 7.92. The van der Waals surface area contributed by atoms with Crippen molar-refractivity contribution in [2.24, 2.45) is 0 Å². The molecule has 0 radical (unpaired) electrons. The molecule has 2 heterocycles. The molecule has 0 aliphatic carbocycles. The predicted molar refractivity (Wildman–Crippen MR) is 80.1 cm³/mol. The molecular formula is C17H25NO2. The molecule has 1 spiro atoms. The van der Waals surface area contributed by atoms with Gasteiger partial charge in [0.15, 0.2) is 0 Å². The summed E-state index contributed by atoms with van der Waals surface area (Å²) >= 11 is 0. The molecule has 1 aromatic rings. The number of ether oxygens (including phenoxy) is 2. The van der Waals surface area contributed by atoms with E-state index in [2.05, 4.69) is 36.5 Å². The van der Waals surface area contributed by atoms with E-state index in [-0.39, 0.29) is 5.60 Å². The molecule has 0 amide bonds. The lowest BCUT2D eigenvalue weighted by atomic mass is 9.82. The molecule has 2 unspecified atom stereocenters. The monoisotopic (exact) mass is 275 g/mol. The van der Waals surface area contributed by atoms with Gasteiger partial charge in [0.05, 0.1) is 6.61 Å². The zero-order chi connectivity index (χ0) is 13.8. The molecule has 1 saturated heterocycles. The fourth-order valence-corrected chi connectivity index (χ4v) is 3.41. The first kappa shape index (κ1) is 13.9. The van der Waals surface area contributed by atoms with Crippen LogP contribution >= 0.6 is 0 Å². The van der Waals surface area contributed by atoms with Crippen LogP contribution in [0, 0.1) is 0 Å². The molecule has 20 heavy (non-hydrogen) atoms. The maximum atomic E-state index is 6.43. The third kappa shape index (κ3) is 2.84. The van der Waals surface area contributed by atoms with Crippen LogP contribution in [0.2, 0.25) is 0 Å². The van der Waals surface area contributed by atoms with Crippen molar-refractivity contribution in [2.75, 3.05) is 19.8 Å². The summed E-state index contributed by atoms with van der Waals surface area (Å²) in [6.45, 7) is 4.97. The normalized spacial score (nSPS) is 29.6. The third-order valence-electron chi connectivity index (χ3n) is 4.46. The largest absolute Gasteiger partial charge is 0.487 e. The van der Waals surface area contributed by atoms with Crippen molar-refractivity contribution in [3.8, 4) is 5.75 Å². The molecule has 0 aromatic heterocycles. The van der Waals surface area contributed by atoms with E-state index in [1.54, 1.807) is 0 Å². The van der Waals surface area contributed by atoms with Gasteiger partial charge in [-0.1, -0.05) is 25.1 Å². The molecular weight excluding hydrogens is 250 g/mol. The summed E-state index contributed by atoms with van der Waals surface area (Å²) in [5, 5.41) is 3.70. The minimum atomic E-state index is -0.0315. The zero-order valence-electron chi connectivity index (χ0n) is 12.4. The van der Waals surface area contributed by atoms with Crippen molar-refractivity contribution in [1.29, 1.82) is 0 Å². The van der Waals surface area contributed by atoms with Gasteiger partial charge in [0.2, 0.25) is 0 Å². The Kier molecular flexibility index (Phi) is 4.27. The van der Waals surface area contributed by atoms with Gasteiger partial charge in [0, 0.05) is 31.1 Å². The van der Waals surface area contributed by atoms with Gasteiger partial charge in [0.1, 0.15) is 11.4 Å². The molecule has 0 saturated carbocycles. The van der Waals surface area contributed by atoms with E-state index < -0.39 is 0 Å². The number of nitrogens with one attached hydrogen (secondary N) is 1. The number of para-hydroxylation sites is 1. The molecule has 0 bridgehead atoms. The average molecular weight is 275 g/mol. The number of benzene rings is 1. The summed E-state index contributed by atoms with van der Waals surface area (Å²) in [5.41, 5.74) is 1.28. The number of hydrogen-bond acceptors (Lipinski definition) is 3. The van der Waals surface area contributed by atoms with Gasteiger partial charge >= 0.3 is 0 Å². The minimum Gasteiger partial charge on any atom is -0.487 e. The second kappa shape index (κ2) is 6.15. The van der Waals surface area contributed by atoms with Crippen LogP contribution in [0.15, 0.2) is 24.3 Å². The number of rotatable bonds is 3. The standard InChI is InChI=1S/C17H25NO2/c1-2-10-18-15-13-17(8-5-11-19-12-9-17)20-16-7-4-3-6-14(15)16/h3-4,6-7,15,18H,2,5,8-13H2,1H3. The average Bonchev–Trinajstić information content (AvgIpc) is 2.70. The van der Waals surface area contributed by atoms with E-state index in [1.165, 1.54) is 5.56 Å². The van der Waals surface area contributed by atoms with Crippen molar-refractivity contribution < 1.29 is 9.47 Å². The quantitative estimate of drug-likeness (QED) is 0.916. The summed E-state index contributed by atoms with van der Waals surface area (Å²) in [4.78, 5) is 0. The maximum Gasteiger partial charge on any atom is 0.124 e. The van der Waals surface area contributed by atoms with Crippen LogP contribution in [0.1, 0.15) is 50.6 Å². The van der Waals surface area contributed by atoms with E-state index in [0.29, 0.717) is 6.04 Å². The fraction of sp³-hybridized carbons (Fsp3) is 0.647. The highest BCUT2D eigenvalue weighted by Gasteiger charge is 2.40. The Morgan fingerprint density at radius 3 is 3.05 bits per heavy atom. The SMILES string of the molecule is CCCNC1CC2(CCCOCC2)Oc2ccccc21. The molecule has 3 nitrogen and oxygen atoms in total. The van der Waals surface area contributed by atoms with Crippen molar-refractivity contribution in [1.82, 2.24) is 5.32 Å². The van der Waals surface area contributed by atoms with Crippen LogP contribution in [0.25, 0.3) is 0 Å². The zero-order valence-corrected chi connectivity index (χ0v) is 12.4. The Balaban J connectivity index is 1.86. The lowest BCUT2D eigenvalue weighted by molar-refractivity contribution is 0.0108. The van der Waals surface area contributed by atoms with Gasteiger partial charge in [-0.3, -0.25) is 0 Å². The fourth-order valence-electron chi connectivity index (χ4n) is 3.41. The molecule has 2 aliphatic rings. The third-order valence-corrected chi connectivity index (χ3v) is 4.46. The molecule has 1 N–H and O–H groups in total. The second-order valence-corrected chi connectivity index (χ2v) is 6.00. The summed E-state index contributed by atoms with van der Waals surface area (Å²) in [5.74, 6) is 1.06. The van der Waals surface area contributed by atoms with E-state index in [0.717, 1.165) is 57.6 Å². The van der Waals surface area contributed by atoms with E-state index >= 15 is 0 Å². The van der Waals surface area contributed by atoms with Crippen LogP contribution < -0.4 is 10.1 Å². The van der Waals surface area contributed by atoms with Crippen LogP contribution in [0.5, 0.6) is 5.75 Å². The van der Waals surface area contributed by atoms with Crippen LogP contribution in [-0.4, -0.2) is 25.4 Å². The smallest absolute Gasteiger partial charge is 0.124 e. The van der Waals surface area contributed by atoms with Gasteiger partial charge in [-0.15, -0.1) is 0 Å². The maximum absolute atomic E-state index is 6.43. The van der Waals surface area contributed by atoms with Crippen molar-refractivity contribution in [2.45, 2.75) is 50.7 Å².